The number of esters is 1. The molecule has 0 aliphatic carbocycles. The first-order valence-electron chi connectivity index (χ1n) is 7.61. The van der Waals surface area contributed by atoms with Gasteiger partial charge in [0.2, 0.25) is 0 Å². The van der Waals surface area contributed by atoms with Crippen molar-refractivity contribution in [2.24, 2.45) is 0 Å². The third-order valence-electron chi connectivity index (χ3n) is 3.24. The van der Waals surface area contributed by atoms with E-state index in [1.54, 1.807) is 36.4 Å². The van der Waals surface area contributed by atoms with E-state index in [4.69, 9.17) is 9.47 Å². The zero-order chi connectivity index (χ0) is 18.9. The molecule has 0 aliphatic rings. The van der Waals surface area contributed by atoms with Gasteiger partial charge in [0, 0.05) is 14.8 Å². The third-order valence-corrected chi connectivity index (χ3v) is 3.96. The molecule has 2 rings (SSSR count). The Morgan fingerprint density at radius 3 is 2.27 bits per heavy atom. The molecule has 0 aromatic heterocycles. The molecular formula is C18H17IN2O5. The molecule has 0 atom stereocenters. The van der Waals surface area contributed by atoms with Gasteiger partial charge < -0.3 is 20.1 Å². The summed E-state index contributed by atoms with van der Waals surface area (Å²) >= 11 is 2.15. The highest BCUT2D eigenvalue weighted by Crippen LogP contribution is 2.11. The maximum Gasteiger partial charge on any atom is 0.325 e. The van der Waals surface area contributed by atoms with Gasteiger partial charge in [0.05, 0.1) is 7.11 Å². The lowest BCUT2D eigenvalue weighted by atomic mass is 10.2. The molecule has 0 heterocycles. The molecule has 7 nitrogen and oxygen atoms in total. The van der Waals surface area contributed by atoms with Crippen LogP contribution >= 0.6 is 22.6 Å². The van der Waals surface area contributed by atoms with E-state index in [9.17, 15) is 14.4 Å². The molecule has 2 N–H and O–H groups in total. The van der Waals surface area contributed by atoms with E-state index in [-0.39, 0.29) is 6.54 Å². The number of hydrogen-bond donors (Lipinski definition) is 2. The van der Waals surface area contributed by atoms with Crippen LogP contribution < -0.4 is 15.4 Å². The zero-order valence-electron chi connectivity index (χ0n) is 14.0. The van der Waals surface area contributed by atoms with E-state index >= 15 is 0 Å². The number of nitrogens with one attached hydrogen (secondary N) is 2. The molecule has 0 unspecified atom stereocenters. The standard InChI is InChI=1S/C18H17IN2O5/c1-25-15-8-2-12(3-9-15)18(24)20-10-17(23)26-11-16(22)21-14-6-4-13(19)5-7-14/h2-9H,10-11H2,1H3,(H,20,24)(H,21,22). The van der Waals surface area contributed by atoms with Gasteiger partial charge in [-0.3, -0.25) is 14.4 Å². The van der Waals surface area contributed by atoms with Crippen molar-refractivity contribution in [1.29, 1.82) is 0 Å². The Labute approximate surface area is 164 Å². The Kier molecular flexibility index (Phi) is 7.39. The molecule has 0 saturated heterocycles. The minimum atomic E-state index is -0.704. The van der Waals surface area contributed by atoms with Crippen LogP contribution in [0.4, 0.5) is 5.69 Å². The van der Waals surface area contributed by atoms with Crippen LogP contribution in [0.25, 0.3) is 0 Å². The number of methoxy groups -OCH3 is 1. The summed E-state index contributed by atoms with van der Waals surface area (Å²) in [4.78, 5) is 35.3. The predicted molar refractivity (Wildman–Crippen MR) is 104 cm³/mol. The second-order valence-corrected chi connectivity index (χ2v) is 6.37. The van der Waals surface area contributed by atoms with Gasteiger partial charge in [-0.15, -0.1) is 0 Å². The summed E-state index contributed by atoms with van der Waals surface area (Å²) in [5.74, 6) is -0.960. The van der Waals surface area contributed by atoms with Crippen molar-refractivity contribution < 1.29 is 23.9 Å². The van der Waals surface area contributed by atoms with Crippen LogP contribution in [-0.4, -0.2) is 38.0 Å². The van der Waals surface area contributed by atoms with Crippen LogP contribution in [0.2, 0.25) is 0 Å². The van der Waals surface area contributed by atoms with Gasteiger partial charge >= 0.3 is 5.97 Å². The van der Waals surface area contributed by atoms with Crippen LogP contribution in [0.5, 0.6) is 5.75 Å². The first-order valence-corrected chi connectivity index (χ1v) is 8.69. The highest BCUT2D eigenvalue weighted by Gasteiger charge is 2.11. The number of carbonyl (C=O) groups is 3. The lowest BCUT2D eigenvalue weighted by Crippen LogP contribution is -2.32. The fraction of sp³-hybridized carbons (Fsp3) is 0.167. The normalized spacial score (nSPS) is 9.92. The van der Waals surface area contributed by atoms with E-state index in [1.165, 1.54) is 7.11 Å². The van der Waals surface area contributed by atoms with Crippen molar-refractivity contribution in [3.63, 3.8) is 0 Å². The Balaban J connectivity index is 1.71. The molecule has 0 fully saturated rings. The van der Waals surface area contributed by atoms with Crippen LogP contribution in [0, 0.1) is 3.57 Å². The number of rotatable bonds is 7. The highest BCUT2D eigenvalue weighted by atomic mass is 127. The number of benzene rings is 2. The molecule has 0 saturated carbocycles. The minimum Gasteiger partial charge on any atom is -0.497 e. The largest absolute Gasteiger partial charge is 0.497 e. The van der Waals surface area contributed by atoms with Crippen molar-refractivity contribution in [2.45, 2.75) is 0 Å². The number of halogens is 1. The summed E-state index contributed by atoms with van der Waals surface area (Å²) < 4.78 is 10.9. The van der Waals surface area contributed by atoms with E-state index in [2.05, 4.69) is 33.2 Å². The summed E-state index contributed by atoms with van der Waals surface area (Å²) in [7, 11) is 1.53. The van der Waals surface area contributed by atoms with Crippen molar-refractivity contribution in [3.05, 3.63) is 57.7 Å². The Morgan fingerprint density at radius 1 is 1.00 bits per heavy atom. The average molecular weight is 468 g/mol. The number of anilines is 1. The molecule has 0 bridgehead atoms. The first kappa shape index (κ1) is 19.7. The Morgan fingerprint density at radius 2 is 1.65 bits per heavy atom. The topological polar surface area (TPSA) is 93.7 Å². The van der Waals surface area contributed by atoms with Gasteiger partial charge in [-0.05, 0) is 71.1 Å². The van der Waals surface area contributed by atoms with Crippen LogP contribution in [0.15, 0.2) is 48.5 Å². The number of ether oxygens (including phenoxy) is 2. The summed E-state index contributed by atoms with van der Waals surface area (Å²) in [6.07, 6.45) is 0. The monoisotopic (exact) mass is 468 g/mol. The predicted octanol–water partition coefficient (Wildman–Crippen LogP) is 2.21. The fourth-order valence-corrected chi connectivity index (χ4v) is 2.28. The van der Waals surface area contributed by atoms with Gasteiger partial charge in [-0.2, -0.15) is 0 Å². The van der Waals surface area contributed by atoms with Crippen molar-refractivity contribution in [1.82, 2.24) is 5.32 Å². The lowest BCUT2D eigenvalue weighted by molar-refractivity contribution is -0.146. The van der Waals surface area contributed by atoms with Gasteiger partial charge in [-0.1, -0.05) is 0 Å². The molecular weight excluding hydrogens is 451 g/mol. The molecule has 0 aliphatic heterocycles. The minimum absolute atomic E-state index is 0.332. The molecule has 2 aromatic rings. The molecule has 26 heavy (non-hydrogen) atoms. The third kappa shape index (κ3) is 6.36. The molecule has 0 radical (unpaired) electrons. The molecule has 8 heteroatoms. The average Bonchev–Trinajstić information content (AvgIpc) is 2.66. The van der Waals surface area contributed by atoms with Crippen LogP contribution in [-0.2, 0) is 14.3 Å². The summed E-state index contributed by atoms with van der Waals surface area (Å²) in [5.41, 5.74) is 0.995. The Bertz CT molecular complexity index is 775. The zero-order valence-corrected chi connectivity index (χ0v) is 16.1. The van der Waals surface area contributed by atoms with Crippen molar-refractivity contribution in [2.75, 3.05) is 25.6 Å². The Hall–Kier alpha value is -2.62. The van der Waals surface area contributed by atoms with Gasteiger partial charge in [-0.25, -0.2) is 0 Å². The van der Waals surface area contributed by atoms with Crippen LogP contribution in [0.1, 0.15) is 10.4 Å². The maximum absolute atomic E-state index is 11.9. The number of amides is 2. The molecule has 2 amide bonds. The van der Waals surface area contributed by atoms with E-state index in [1.807, 2.05) is 12.1 Å². The van der Waals surface area contributed by atoms with E-state index < -0.39 is 24.4 Å². The van der Waals surface area contributed by atoms with Crippen molar-refractivity contribution in [3.8, 4) is 5.75 Å². The maximum atomic E-state index is 11.9. The number of carbonyl (C=O) groups excluding carboxylic acids is 3. The lowest BCUT2D eigenvalue weighted by Gasteiger charge is -2.08. The summed E-state index contributed by atoms with van der Waals surface area (Å²) in [5, 5.41) is 5.04. The quantitative estimate of drug-likeness (QED) is 0.480. The number of hydrogen-bond acceptors (Lipinski definition) is 5. The second-order valence-electron chi connectivity index (χ2n) is 5.13. The molecule has 0 spiro atoms. The van der Waals surface area contributed by atoms with Crippen molar-refractivity contribution >= 4 is 46.1 Å². The molecule has 2 aromatic carbocycles. The fourth-order valence-electron chi connectivity index (χ4n) is 1.92. The molecule has 136 valence electrons. The van der Waals surface area contributed by atoms with Gasteiger partial charge in [0.1, 0.15) is 12.3 Å². The SMILES string of the molecule is COc1ccc(C(=O)NCC(=O)OCC(=O)Nc2ccc(I)cc2)cc1. The highest BCUT2D eigenvalue weighted by molar-refractivity contribution is 14.1. The van der Waals surface area contributed by atoms with Gasteiger partial charge in [0.15, 0.2) is 6.61 Å². The summed E-state index contributed by atoms with van der Waals surface area (Å²) in [6.45, 7) is -0.759. The van der Waals surface area contributed by atoms with Gasteiger partial charge in [0.25, 0.3) is 11.8 Å². The van der Waals surface area contributed by atoms with E-state index in [0.717, 1.165) is 3.57 Å². The smallest absolute Gasteiger partial charge is 0.325 e. The van der Waals surface area contributed by atoms with Crippen LogP contribution in [0.3, 0.4) is 0 Å². The summed E-state index contributed by atoms with van der Waals surface area (Å²) in [6, 6.07) is 13.6. The first-order chi connectivity index (χ1) is 12.5. The second kappa shape index (κ2) is 9.76. The van der Waals surface area contributed by atoms with E-state index in [0.29, 0.717) is 17.0 Å².